The minimum absolute atomic E-state index is 0.0345. The fourth-order valence-electron chi connectivity index (χ4n) is 3.51. The molecule has 0 bridgehead atoms. The third-order valence-corrected chi connectivity index (χ3v) is 7.95. The second-order valence-corrected chi connectivity index (χ2v) is 12.4. The molecule has 0 saturated heterocycles. The molecule has 0 amide bonds. The zero-order valence-electron chi connectivity index (χ0n) is 18.6. The van der Waals surface area contributed by atoms with Gasteiger partial charge in [-0.15, -0.1) is 0 Å². The van der Waals surface area contributed by atoms with Crippen molar-refractivity contribution in [3.8, 4) is 11.1 Å². The molecule has 0 unspecified atom stereocenters. The van der Waals surface area contributed by atoms with Crippen LogP contribution in [-0.2, 0) is 32.2 Å². The molecule has 0 atom stereocenters. The zero-order valence-corrected chi connectivity index (χ0v) is 20.2. The predicted octanol–water partition coefficient (Wildman–Crippen LogP) is 4.75. The molecular weight excluding hydrogens is 442 g/mol. The van der Waals surface area contributed by atoms with Crippen LogP contribution in [0.25, 0.3) is 11.1 Å². The molecule has 0 saturated carbocycles. The number of hydrogen-bond acceptors (Lipinski definition) is 4. The number of benzene rings is 3. The molecule has 3 aromatic rings. The number of sulfonamides is 1. The van der Waals surface area contributed by atoms with Crippen LogP contribution in [0.4, 0.5) is 0 Å². The summed E-state index contributed by atoms with van der Waals surface area (Å²) in [6.45, 7) is 4.72. The molecule has 0 aromatic heterocycles. The van der Waals surface area contributed by atoms with Gasteiger partial charge in [-0.05, 0) is 46.4 Å². The van der Waals surface area contributed by atoms with Crippen LogP contribution in [-0.4, -0.2) is 33.9 Å². The van der Waals surface area contributed by atoms with Crippen molar-refractivity contribution in [2.24, 2.45) is 5.92 Å². The van der Waals surface area contributed by atoms with Gasteiger partial charge >= 0.3 is 0 Å². The molecule has 0 N–H and O–H groups in total. The Morgan fingerprint density at radius 1 is 0.750 bits per heavy atom. The fourth-order valence-corrected chi connectivity index (χ4v) is 5.81. The lowest BCUT2D eigenvalue weighted by Crippen LogP contribution is -2.34. The van der Waals surface area contributed by atoms with E-state index < -0.39 is 19.9 Å². The van der Waals surface area contributed by atoms with Crippen LogP contribution in [0.5, 0.6) is 0 Å². The second kappa shape index (κ2) is 9.98. The number of nitrogens with zero attached hydrogens (tertiary/aromatic N) is 1. The standard InChI is InChI=1S/C25H29NO4S2/c1-20(2)17-26(32(29,30)19-21-8-5-4-6-9-21)18-22-10-7-11-24(16-22)23-12-14-25(15-13-23)31(3,27)28/h4-16,20H,17-19H2,1-3H3. The topological polar surface area (TPSA) is 71.5 Å². The second-order valence-electron chi connectivity index (χ2n) is 8.43. The average molecular weight is 472 g/mol. The Hall–Kier alpha value is -2.48. The summed E-state index contributed by atoms with van der Waals surface area (Å²) in [5.41, 5.74) is 3.43. The summed E-state index contributed by atoms with van der Waals surface area (Å²) in [6.07, 6.45) is 1.18. The molecular formula is C25H29NO4S2. The van der Waals surface area contributed by atoms with Crippen molar-refractivity contribution in [2.75, 3.05) is 12.8 Å². The highest BCUT2D eigenvalue weighted by atomic mass is 32.2. The van der Waals surface area contributed by atoms with Crippen molar-refractivity contribution in [3.63, 3.8) is 0 Å². The van der Waals surface area contributed by atoms with E-state index in [2.05, 4.69) is 0 Å². The number of rotatable bonds is 9. The van der Waals surface area contributed by atoms with Crippen molar-refractivity contribution in [3.05, 3.63) is 90.0 Å². The molecule has 0 aliphatic rings. The molecule has 0 fully saturated rings. The largest absolute Gasteiger partial charge is 0.224 e. The van der Waals surface area contributed by atoms with E-state index in [1.54, 1.807) is 28.6 Å². The van der Waals surface area contributed by atoms with E-state index in [1.165, 1.54) is 6.26 Å². The van der Waals surface area contributed by atoms with E-state index in [-0.39, 0.29) is 23.1 Å². The van der Waals surface area contributed by atoms with Gasteiger partial charge < -0.3 is 0 Å². The Morgan fingerprint density at radius 3 is 1.97 bits per heavy atom. The van der Waals surface area contributed by atoms with E-state index in [0.717, 1.165) is 22.3 Å². The Labute approximate surface area is 191 Å². The molecule has 0 heterocycles. The quantitative estimate of drug-likeness (QED) is 0.452. The van der Waals surface area contributed by atoms with Gasteiger partial charge in [-0.25, -0.2) is 16.8 Å². The third kappa shape index (κ3) is 6.51. The van der Waals surface area contributed by atoms with Gasteiger partial charge in [-0.3, -0.25) is 0 Å². The Bertz CT molecular complexity index is 1250. The van der Waals surface area contributed by atoms with Gasteiger partial charge in [0.2, 0.25) is 10.0 Å². The van der Waals surface area contributed by atoms with Crippen molar-refractivity contribution >= 4 is 19.9 Å². The molecule has 170 valence electrons. The Kier molecular flexibility index (Phi) is 7.54. The van der Waals surface area contributed by atoms with Crippen molar-refractivity contribution in [2.45, 2.75) is 31.0 Å². The van der Waals surface area contributed by atoms with Crippen molar-refractivity contribution in [1.29, 1.82) is 0 Å². The molecule has 32 heavy (non-hydrogen) atoms. The van der Waals surface area contributed by atoms with Gasteiger partial charge in [0.25, 0.3) is 0 Å². The van der Waals surface area contributed by atoms with Crippen LogP contribution in [0.3, 0.4) is 0 Å². The zero-order chi connectivity index (χ0) is 23.4. The lowest BCUT2D eigenvalue weighted by Gasteiger charge is -2.24. The number of hydrogen-bond donors (Lipinski definition) is 0. The van der Waals surface area contributed by atoms with Crippen LogP contribution in [0.1, 0.15) is 25.0 Å². The fraction of sp³-hybridized carbons (Fsp3) is 0.280. The number of sulfone groups is 1. The first kappa shape index (κ1) is 24.2. The monoisotopic (exact) mass is 471 g/mol. The van der Waals surface area contributed by atoms with E-state index in [0.29, 0.717) is 6.54 Å². The highest BCUT2D eigenvalue weighted by Crippen LogP contribution is 2.24. The lowest BCUT2D eigenvalue weighted by atomic mass is 10.0. The van der Waals surface area contributed by atoms with E-state index in [1.807, 2.05) is 68.4 Å². The summed E-state index contributed by atoms with van der Waals surface area (Å²) >= 11 is 0. The molecule has 3 aromatic carbocycles. The van der Waals surface area contributed by atoms with Crippen molar-refractivity contribution in [1.82, 2.24) is 4.31 Å². The lowest BCUT2D eigenvalue weighted by molar-refractivity contribution is 0.361. The Morgan fingerprint density at radius 2 is 1.38 bits per heavy atom. The highest BCUT2D eigenvalue weighted by Gasteiger charge is 2.24. The van der Waals surface area contributed by atoms with Gasteiger partial charge in [0.05, 0.1) is 10.6 Å². The maximum absolute atomic E-state index is 13.2. The Balaban J connectivity index is 1.86. The molecule has 0 spiro atoms. The van der Waals surface area contributed by atoms with Gasteiger partial charge in [0.1, 0.15) is 0 Å². The molecule has 5 nitrogen and oxygen atoms in total. The normalized spacial score (nSPS) is 12.4. The SMILES string of the molecule is CC(C)CN(Cc1cccc(-c2ccc(S(C)(=O)=O)cc2)c1)S(=O)(=O)Cc1ccccc1. The van der Waals surface area contributed by atoms with Gasteiger partial charge in [-0.2, -0.15) is 4.31 Å². The first-order chi connectivity index (χ1) is 15.0. The molecule has 3 rings (SSSR count). The van der Waals surface area contributed by atoms with Crippen molar-refractivity contribution < 1.29 is 16.8 Å². The smallest absolute Gasteiger partial charge is 0.218 e. The third-order valence-electron chi connectivity index (χ3n) is 5.06. The van der Waals surface area contributed by atoms with Crippen LogP contribution in [0.2, 0.25) is 0 Å². The molecule has 0 aliphatic heterocycles. The van der Waals surface area contributed by atoms with Crippen LogP contribution in [0, 0.1) is 5.92 Å². The summed E-state index contributed by atoms with van der Waals surface area (Å²) in [7, 11) is -6.75. The van der Waals surface area contributed by atoms with Gasteiger partial charge in [0, 0.05) is 19.3 Å². The minimum atomic E-state index is -3.50. The van der Waals surface area contributed by atoms with Gasteiger partial charge in [-0.1, -0.05) is 74.5 Å². The summed E-state index contributed by atoms with van der Waals surface area (Å²) in [6, 6.07) is 23.6. The summed E-state index contributed by atoms with van der Waals surface area (Å²) < 4.78 is 51.4. The summed E-state index contributed by atoms with van der Waals surface area (Å²) in [5.74, 6) is 0.153. The maximum Gasteiger partial charge on any atom is 0.218 e. The first-order valence-corrected chi connectivity index (χ1v) is 14.0. The van der Waals surface area contributed by atoms with Crippen LogP contribution in [0.15, 0.2) is 83.8 Å². The summed E-state index contributed by atoms with van der Waals surface area (Å²) in [4.78, 5) is 0.271. The molecule has 7 heteroatoms. The maximum atomic E-state index is 13.2. The average Bonchev–Trinajstić information content (AvgIpc) is 2.73. The van der Waals surface area contributed by atoms with Gasteiger partial charge in [0.15, 0.2) is 9.84 Å². The minimum Gasteiger partial charge on any atom is -0.224 e. The first-order valence-electron chi connectivity index (χ1n) is 10.5. The van der Waals surface area contributed by atoms with Crippen LogP contribution < -0.4 is 0 Å². The molecule has 0 aliphatic carbocycles. The predicted molar refractivity (Wildman–Crippen MR) is 129 cm³/mol. The molecule has 0 radical (unpaired) electrons. The highest BCUT2D eigenvalue weighted by molar-refractivity contribution is 7.90. The van der Waals surface area contributed by atoms with Crippen LogP contribution >= 0.6 is 0 Å². The van der Waals surface area contributed by atoms with E-state index in [9.17, 15) is 16.8 Å². The van der Waals surface area contributed by atoms with E-state index in [4.69, 9.17) is 0 Å². The van der Waals surface area contributed by atoms with E-state index >= 15 is 0 Å². The summed E-state index contributed by atoms with van der Waals surface area (Å²) in [5, 5.41) is 0.